The van der Waals surface area contributed by atoms with E-state index in [4.69, 9.17) is 10.6 Å². The van der Waals surface area contributed by atoms with Gasteiger partial charge in [-0.15, -0.1) is 0 Å². The third-order valence-electron chi connectivity index (χ3n) is 3.11. The number of nitrogens with zero attached hydrogens (tertiary/aromatic N) is 2. The average molecular weight is 257 g/mol. The van der Waals surface area contributed by atoms with Gasteiger partial charge in [-0.2, -0.15) is 4.98 Å². The van der Waals surface area contributed by atoms with Gasteiger partial charge in [0.25, 0.3) is 0 Å². The molecule has 6 heteroatoms. The summed E-state index contributed by atoms with van der Waals surface area (Å²) in [6, 6.07) is 8.08. The summed E-state index contributed by atoms with van der Waals surface area (Å²) in [5.74, 6) is 7.39. The van der Waals surface area contributed by atoms with Crippen molar-refractivity contribution < 1.29 is 4.74 Å². The monoisotopic (exact) mass is 257 g/mol. The van der Waals surface area contributed by atoms with Gasteiger partial charge in [0.1, 0.15) is 18.2 Å². The van der Waals surface area contributed by atoms with Crippen LogP contribution in [-0.4, -0.2) is 16.6 Å². The third kappa shape index (κ3) is 2.17. The van der Waals surface area contributed by atoms with Crippen LogP contribution in [0.25, 0.3) is 0 Å². The average Bonchev–Trinajstić information content (AvgIpc) is 2.85. The van der Waals surface area contributed by atoms with E-state index in [0.717, 1.165) is 22.7 Å². The number of aryl methyl sites for hydroxylation is 1. The van der Waals surface area contributed by atoms with Crippen LogP contribution in [0.2, 0.25) is 0 Å². The zero-order valence-corrected chi connectivity index (χ0v) is 10.6. The summed E-state index contributed by atoms with van der Waals surface area (Å²) in [6.07, 6.45) is 1.73. The van der Waals surface area contributed by atoms with Gasteiger partial charge < -0.3 is 10.1 Å². The molecular weight excluding hydrogens is 242 g/mol. The second kappa shape index (κ2) is 4.74. The first-order valence-corrected chi connectivity index (χ1v) is 6.06. The molecule has 2 aromatic rings. The smallest absolute Gasteiger partial charge is 0.239 e. The summed E-state index contributed by atoms with van der Waals surface area (Å²) in [5, 5.41) is 3.37. The number of ether oxygens (including phenoxy) is 1. The minimum atomic E-state index is 0.0930. The lowest BCUT2D eigenvalue weighted by Gasteiger charge is -2.14. The fourth-order valence-electron chi connectivity index (χ4n) is 2.10. The number of anilines is 2. The molecule has 1 aliphatic heterocycles. The molecule has 0 saturated carbocycles. The molecule has 0 saturated heterocycles. The van der Waals surface area contributed by atoms with Crippen molar-refractivity contribution in [1.29, 1.82) is 0 Å². The van der Waals surface area contributed by atoms with E-state index < -0.39 is 0 Å². The lowest BCUT2D eigenvalue weighted by molar-refractivity contribution is 0.339. The molecule has 1 atom stereocenters. The Labute approximate surface area is 111 Å². The molecule has 0 aliphatic carbocycles. The standard InChI is InChI=1S/C13H15N5O/c1-8-6-15-13(18-14)17-12(8)16-10-7-19-11-5-3-2-4-9(10)11/h2-6,10H,7,14H2,1H3,(H2,15,16,17,18). The van der Waals surface area contributed by atoms with Crippen molar-refractivity contribution >= 4 is 11.8 Å². The molecule has 1 aliphatic rings. The minimum absolute atomic E-state index is 0.0930. The largest absolute Gasteiger partial charge is 0.491 e. The van der Waals surface area contributed by atoms with Crippen LogP contribution in [0, 0.1) is 6.92 Å². The molecule has 1 unspecified atom stereocenters. The highest BCUT2D eigenvalue weighted by Crippen LogP contribution is 2.34. The summed E-state index contributed by atoms with van der Waals surface area (Å²) < 4.78 is 5.63. The van der Waals surface area contributed by atoms with Crippen LogP contribution in [0.3, 0.4) is 0 Å². The molecule has 0 amide bonds. The van der Waals surface area contributed by atoms with Crippen molar-refractivity contribution in [3.8, 4) is 5.75 Å². The summed E-state index contributed by atoms with van der Waals surface area (Å²) in [6.45, 7) is 2.54. The number of nitrogens with one attached hydrogen (secondary N) is 2. The third-order valence-corrected chi connectivity index (χ3v) is 3.11. The van der Waals surface area contributed by atoms with Crippen LogP contribution < -0.4 is 21.3 Å². The summed E-state index contributed by atoms with van der Waals surface area (Å²) in [7, 11) is 0. The lowest BCUT2D eigenvalue weighted by Crippen LogP contribution is -2.16. The Morgan fingerprint density at radius 3 is 3.05 bits per heavy atom. The van der Waals surface area contributed by atoms with Crippen LogP contribution in [-0.2, 0) is 0 Å². The summed E-state index contributed by atoms with van der Waals surface area (Å²) in [5.41, 5.74) is 4.55. The highest BCUT2D eigenvalue weighted by Gasteiger charge is 2.24. The molecule has 0 bridgehead atoms. The topological polar surface area (TPSA) is 85.1 Å². The Bertz CT molecular complexity index is 601. The SMILES string of the molecule is Cc1cnc(NN)nc1NC1COc2ccccc21. The molecule has 19 heavy (non-hydrogen) atoms. The van der Waals surface area contributed by atoms with Crippen molar-refractivity contribution in [2.24, 2.45) is 5.84 Å². The van der Waals surface area contributed by atoms with Gasteiger partial charge in [-0.05, 0) is 13.0 Å². The van der Waals surface area contributed by atoms with Crippen LogP contribution in [0.4, 0.5) is 11.8 Å². The van der Waals surface area contributed by atoms with E-state index in [0.29, 0.717) is 12.6 Å². The molecule has 3 rings (SSSR count). The molecular formula is C13H15N5O. The number of fused-ring (bicyclic) bond motifs is 1. The fraction of sp³-hybridized carbons (Fsp3) is 0.231. The lowest BCUT2D eigenvalue weighted by atomic mass is 10.1. The van der Waals surface area contributed by atoms with Crippen molar-refractivity contribution in [1.82, 2.24) is 9.97 Å². The number of rotatable bonds is 3. The zero-order chi connectivity index (χ0) is 13.2. The van der Waals surface area contributed by atoms with Crippen molar-refractivity contribution in [2.75, 3.05) is 17.3 Å². The predicted octanol–water partition coefficient (Wildman–Crippen LogP) is 1.62. The number of aromatic nitrogens is 2. The van der Waals surface area contributed by atoms with Gasteiger partial charge in [-0.1, -0.05) is 18.2 Å². The van der Waals surface area contributed by atoms with Crippen molar-refractivity contribution in [3.05, 3.63) is 41.6 Å². The molecule has 0 radical (unpaired) electrons. The van der Waals surface area contributed by atoms with Crippen LogP contribution >= 0.6 is 0 Å². The van der Waals surface area contributed by atoms with Crippen LogP contribution in [0.5, 0.6) is 5.75 Å². The molecule has 0 spiro atoms. The highest BCUT2D eigenvalue weighted by molar-refractivity contribution is 5.51. The first-order valence-electron chi connectivity index (χ1n) is 6.06. The molecule has 2 heterocycles. The Balaban J connectivity index is 1.87. The first-order chi connectivity index (χ1) is 9.28. The molecule has 0 fully saturated rings. The van der Waals surface area contributed by atoms with Gasteiger partial charge in [0, 0.05) is 17.3 Å². The first kappa shape index (κ1) is 11.7. The van der Waals surface area contributed by atoms with Crippen molar-refractivity contribution in [3.63, 3.8) is 0 Å². The van der Waals surface area contributed by atoms with E-state index in [-0.39, 0.29) is 6.04 Å². The summed E-state index contributed by atoms with van der Waals surface area (Å²) >= 11 is 0. The molecule has 1 aromatic carbocycles. The van der Waals surface area contributed by atoms with Gasteiger partial charge in [0.2, 0.25) is 5.95 Å². The number of hydrazine groups is 1. The van der Waals surface area contributed by atoms with Crippen LogP contribution in [0.15, 0.2) is 30.5 Å². The number of para-hydroxylation sites is 1. The molecule has 6 nitrogen and oxygen atoms in total. The van der Waals surface area contributed by atoms with E-state index in [2.05, 4.69) is 26.8 Å². The summed E-state index contributed by atoms with van der Waals surface area (Å²) in [4.78, 5) is 8.37. The number of hydrogen-bond donors (Lipinski definition) is 3. The van der Waals surface area contributed by atoms with Gasteiger partial charge in [-0.25, -0.2) is 10.8 Å². The van der Waals surface area contributed by atoms with Crippen LogP contribution in [0.1, 0.15) is 17.2 Å². The maximum Gasteiger partial charge on any atom is 0.239 e. The second-order valence-electron chi connectivity index (χ2n) is 4.42. The maximum absolute atomic E-state index is 5.63. The number of nitrogen functional groups attached to an aromatic ring is 1. The minimum Gasteiger partial charge on any atom is -0.491 e. The van der Waals surface area contributed by atoms with Crippen molar-refractivity contribution in [2.45, 2.75) is 13.0 Å². The Morgan fingerprint density at radius 1 is 1.37 bits per heavy atom. The van der Waals surface area contributed by atoms with E-state index in [9.17, 15) is 0 Å². The van der Waals surface area contributed by atoms with Gasteiger partial charge in [0.05, 0.1) is 6.04 Å². The number of hydrogen-bond acceptors (Lipinski definition) is 6. The zero-order valence-electron chi connectivity index (χ0n) is 10.6. The Kier molecular flexibility index (Phi) is 2.92. The van der Waals surface area contributed by atoms with E-state index in [1.807, 2.05) is 25.1 Å². The molecule has 4 N–H and O–H groups in total. The van der Waals surface area contributed by atoms with E-state index >= 15 is 0 Å². The quantitative estimate of drug-likeness (QED) is 0.572. The highest BCUT2D eigenvalue weighted by atomic mass is 16.5. The Hall–Kier alpha value is -2.34. The second-order valence-corrected chi connectivity index (χ2v) is 4.42. The predicted molar refractivity (Wildman–Crippen MR) is 72.9 cm³/mol. The van der Waals surface area contributed by atoms with E-state index in [1.54, 1.807) is 6.20 Å². The van der Waals surface area contributed by atoms with E-state index in [1.165, 1.54) is 0 Å². The molecule has 1 aromatic heterocycles. The van der Waals surface area contributed by atoms with Gasteiger partial charge in [-0.3, -0.25) is 5.43 Å². The number of nitrogens with two attached hydrogens (primary N) is 1. The van der Waals surface area contributed by atoms with Gasteiger partial charge >= 0.3 is 0 Å². The fourth-order valence-corrected chi connectivity index (χ4v) is 2.10. The maximum atomic E-state index is 5.63. The molecule has 98 valence electrons. The normalized spacial score (nSPS) is 16.6. The van der Waals surface area contributed by atoms with Gasteiger partial charge in [0.15, 0.2) is 0 Å². The number of benzene rings is 1. The Morgan fingerprint density at radius 2 is 2.21 bits per heavy atom.